The molecule has 0 amide bonds. The summed E-state index contributed by atoms with van der Waals surface area (Å²) in [4.78, 5) is 4.07. The fourth-order valence-electron chi connectivity index (χ4n) is 0.938. The van der Waals surface area contributed by atoms with Gasteiger partial charge in [-0.2, -0.15) is 5.10 Å². The molecule has 1 aromatic rings. The highest BCUT2D eigenvalue weighted by Crippen LogP contribution is 2.10. The molecule has 0 aliphatic carbocycles. The van der Waals surface area contributed by atoms with E-state index in [1.807, 2.05) is 11.6 Å². The molecule has 0 N–H and O–H groups in total. The molecule has 0 aliphatic rings. The number of allylic oxidation sites excluding steroid dienone is 1. The molecule has 12 heavy (non-hydrogen) atoms. The third-order valence-electron chi connectivity index (χ3n) is 1.42. The summed E-state index contributed by atoms with van der Waals surface area (Å²) in [7, 11) is 0. The van der Waals surface area contributed by atoms with Gasteiger partial charge in [0, 0.05) is 11.1 Å². The average Bonchev–Trinajstić information content (AvgIpc) is 2.33. The van der Waals surface area contributed by atoms with Crippen LogP contribution in [-0.4, -0.2) is 14.8 Å². The topological polar surface area (TPSA) is 30.7 Å². The lowest BCUT2D eigenvalue weighted by Crippen LogP contribution is -2.04. The first-order valence-electron chi connectivity index (χ1n) is 3.84. The van der Waals surface area contributed by atoms with E-state index in [0.29, 0.717) is 11.1 Å². The number of nitrogens with zero attached hydrogens (tertiary/aromatic N) is 3. The SMILES string of the molecule is C/C(Cl)=C\c1ncnn1C(C)C. The maximum atomic E-state index is 5.73. The van der Waals surface area contributed by atoms with Gasteiger partial charge < -0.3 is 0 Å². The number of halogens is 1. The minimum absolute atomic E-state index is 0.315. The van der Waals surface area contributed by atoms with Gasteiger partial charge in [0.25, 0.3) is 0 Å². The van der Waals surface area contributed by atoms with Crippen molar-refractivity contribution >= 4 is 17.7 Å². The Bertz CT molecular complexity index is 284. The normalized spacial score (nSPS) is 12.6. The predicted molar refractivity (Wildman–Crippen MR) is 49.9 cm³/mol. The molecule has 4 heteroatoms. The number of rotatable bonds is 2. The van der Waals surface area contributed by atoms with Gasteiger partial charge in [-0.1, -0.05) is 11.6 Å². The first kappa shape index (κ1) is 9.26. The molecule has 0 radical (unpaired) electrons. The largest absolute Gasteiger partial charge is 0.244 e. The molecule has 0 spiro atoms. The zero-order chi connectivity index (χ0) is 9.14. The Kier molecular flexibility index (Phi) is 2.87. The number of aromatic nitrogens is 3. The van der Waals surface area contributed by atoms with Crippen LogP contribution in [0, 0.1) is 0 Å². The zero-order valence-corrected chi connectivity index (χ0v) is 8.21. The molecule has 66 valence electrons. The van der Waals surface area contributed by atoms with Crippen molar-refractivity contribution in [1.82, 2.24) is 14.8 Å². The summed E-state index contributed by atoms with van der Waals surface area (Å²) in [6.07, 6.45) is 3.33. The van der Waals surface area contributed by atoms with Gasteiger partial charge in [0.2, 0.25) is 0 Å². The second-order valence-corrected chi connectivity index (χ2v) is 3.48. The van der Waals surface area contributed by atoms with Crippen LogP contribution in [0.4, 0.5) is 0 Å². The maximum Gasteiger partial charge on any atom is 0.152 e. The lowest BCUT2D eigenvalue weighted by atomic mass is 10.4. The van der Waals surface area contributed by atoms with Gasteiger partial charge in [0.1, 0.15) is 6.33 Å². The lowest BCUT2D eigenvalue weighted by molar-refractivity contribution is 0.526. The Morgan fingerprint density at radius 1 is 1.67 bits per heavy atom. The summed E-state index contributed by atoms with van der Waals surface area (Å²) in [5.74, 6) is 0.803. The van der Waals surface area contributed by atoms with Gasteiger partial charge in [-0.15, -0.1) is 0 Å². The minimum Gasteiger partial charge on any atom is -0.244 e. The average molecular weight is 186 g/mol. The van der Waals surface area contributed by atoms with Crippen molar-refractivity contribution in [3.05, 3.63) is 17.2 Å². The highest BCUT2D eigenvalue weighted by atomic mass is 35.5. The van der Waals surface area contributed by atoms with Crippen LogP contribution in [0.2, 0.25) is 0 Å². The van der Waals surface area contributed by atoms with Gasteiger partial charge in [0.15, 0.2) is 5.82 Å². The van der Waals surface area contributed by atoms with Crippen LogP contribution in [0.3, 0.4) is 0 Å². The highest BCUT2D eigenvalue weighted by Gasteiger charge is 2.03. The standard InChI is InChI=1S/C8H12ClN3/c1-6(2)12-8(4-7(3)9)10-5-11-12/h4-6H,1-3H3/b7-4+. The summed E-state index contributed by atoms with van der Waals surface area (Å²) in [5, 5.41) is 4.78. The van der Waals surface area contributed by atoms with E-state index in [1.165, 1.54) is 6.33 Å². The molecule has 1 aromatic heterocycles. The molecule has 0 aliphatic heterocycles. The van der Waals surface area contributed by atoms with Crippen molar-refractivity contribution in [2.75, 3.05) is 0 Å². The molecule has 3 nitrogen and oxygen atoms in total. The van der Waals surface area contributed by atoms with Crippen LogP contribution in [0.25, 0.3) is 6.08 Å². The van der Waals surface area contributed by atoms with E-state index in [9.17, 15) is 0 Å². The fourth-order valence-corrected chi connectivity index (χ4v) is 1.04. The van der Waals surface area contributed by atoms with E-state index < -0.39 is 0 Å². The number of hydrogen-bond acceptors (Lipinski definition) is 2. The van der Waals surface area contributed by atoms with Crippen molar-refractivity contribution in [2.24, 2.45) is 0 Å². The van der Waals surface area contributed by atoms with Crippen molar-refractivity contribution in [3.63, 3.8) is 0 Å². The van der Waals surface area contributed by atoms with Crippen LogP contribution in [0.1, 0.15) is 32.6 Å². The van der Waals surface area contributed by atoms with Gasteiger partial charge in [-0.25, -0.2) is 9.67 Å². The van der Waals surface area contributed by atoms with Crippen molar-refractivity contribution in [1.29, 1.82) is 0 Å². The van der Waals surface area contributed by atoms with E-state index in [2.05, 4.69) is 23.9 Å². The summed E-state index contributed by atoms with van der Waals surface area (Å²) in [6, 6.07) is 0.315. The number of hydrogen-bond donors (Lipinski definition) is 0. The Labute approximate surface area is 77.1 Å². The molecular formula is C8H12ClN3. The molecule has 0 unspecified atom stereocenters. The smallest absolute Gasteiger partial charge is 0.152 e. The molecule has 0 atom stereocenters. The van der Waals surface area contributed by atoms with Gasteiger partial charge >= 0.3 is 0 Å². The van der Waals surface area contributed by atoms with Crippen molar-refractivity contribution in [3.8, 4) is 0 Å². The second-order valence-electron chi connectivity index (χ2n) is 2.89. The molecule has 0 fully saturated rings. The third-order valence-corrected chi connectivity index (χ3v) is 1.53. The van der Waals surface area contributed by atoms with E-state index in [0.717, 1.165) is 5.82 Å². The fraction of sp³-hybridized carbons (Fsp3) is 0.500. The summed E-state index contributed by atoms with van der Waals surface area (Å²) in [6.45, 7) is 5.92. The van der Waals surface area contributed by atoms with E-state index in [-0.39, 0.29) is 0 Å². The van der Waals surface area contributed by atoms with E-state index >= 15 is 0 Å². The predicted octanol–water partition coefficient (Wildman–Crippen LogP) is 2.46. The van der Waals surface area contributed by atoms with Crippen molar-refractivity contribution in [2.45, 2.75) is 26.8 Å². The van der Waals surface area contributed by atoms with Gasteiger partial charge in [0.05, 0.1) is 0 Å². The Morgan fingerprint density at radius 2 is 2.33 bits per heavy atom. The molecule has 1 heterocycles. The first-order chi connectivity index (χ1) is 5.61. The summed E-state index contributed by atoms with van der Waals surface area (Å²) >= 11 is 5.73. The molecule has 1 rings (SSSR count). The van der Waals surface area contributed by atoms with Crippen molar-refractivity contribution < 1.29 is 0 Å². The summed E-state index contributed by atoms with van der Waals surface area (Å²) < 4.78 is 1.83. The first-order valence-corrected chi connectivity index (χ1v) is 4.22. The second kappa shape index (κ2) is 3.72. The van der Waals surface area contributed by atoms with E-state index in [4.69, 9.17) is 11.6 Å². The molecular weight excluding hydrogens is 174 g/mol. The van der Waals surface area contributed by atoms with Crippen LogP contribution in [0.5, 0.6) is 0 Å². The van der Waals surface area contributed by atoms with E-state index in [1.54, 1.807) is 6.08 Å². The zero-order valence-electron chi connectivity index (χ0n) is 7.45. The Morgan fingerprint density at radius 3 is 2.83 bits per heavy atom. The molecule has 0 bridgehead atoms. The third kappa shape index (κ3) is 2.08. The van der Waals surface area contributed by atoms with Crippen LogP contribution < -0.4 is 0 Å². The van der Waals surface area contributed by atoms with Crippen LogP contribution in [-0.2, 0) is 0 Å². The van der Waals surface area contributed by atoms with Crippen LogP contribution >= 0.6 is 11.6 Å². The minimum atomic E-state index is 0.315. The monoisotopic (exact) mass is 185 g/mol. The van der Waals surface area contributed by atoms with Crippen LogP contribution in [0.15, 0.2) is 11.4 Å². The quantitative estimate of drug-likeness (QED) is 0.709. The molecule has 0 saturated carbocycles. The Hall–Kier alpha value is -0.830. The lowest BCUT2D eigenvalue weighted by Gasteiger charge is -2.05. The highest BCUT2D eigenvalue weighted by molar-refractivity contribution is 6.31. The maximum absolute atomic E-state index is 5.73. The molecule has 0 saturated heterocycles. The summed E-state index contributed by atoms with van der Waals surface area (Å²) in [5.41, 5.74) is 0. The van der Waals surface area contributed by atoms with Gasteiger partial charge in [-0.3, -0.25) is 0 Å². The van der Waals surface area contributed by atoms with Gasteiger partial charge in [-0.05, 0) is 26.8 Å². The molecule has 0 aromatic carbocycles. The Balaban J connectivity index is 3.00.